The van der Waals surface area contributed by atoms with Crippen LogP contribution in [0.5, 0.6) is 0 Å². The molecule has 0 aliphatic rings. The molecule has 0 aromatic carbocycles. The summed E-state index contributed by atoms with van der Waals surface area (Å²) in [5.41, 5.74) is 0.678. The molecule has 0 saturated carbocycles. The SMILES string of the molecule is CCc1nc(NC)c(C)c(NCC(=O)NC(C)(C)C)n1. The van der Waals surface area contributed by atoms with Gasteiger partial charge in [-0.25, -0.2) is 9.97 Å². The van der Waals surface area contributed by atoms with E-state index in [1.807, 2.05) is 41.7 Å². The van der Waals surface area contributed by atoms with Crippen molar-refractivity contribution in [1.29, 1.82) is 0 Å². The van der Waals surface area contributed by atoms with Crippen molar-refractivity contribution in [1.82, 2.24) is 15.3 Å². The summed E-state index contributed by atoms with van der Waals surface area (Å²) < 4.78 is 0. The third kappa shape index (κ3) is 4.68. The van der Waals surface area contributed by atoms with Crippen LogP contribution in [0.3, 0.4) is 0 Å². The van der Waals surface area contributed by atoms with Gasteiger partial charge in [-0.2, -0.15) is 0 Å². The lowest BCUT2D eigenvalue weighted by atomic mass is 10.1. The molecular weight excluding hydrogens is 254 g/mol. The van der Waals surface area contributed by atoms with Gasteiger partial charge in [0.25, 0.3) is 0 Å². The van der Waals surface area contributed by atoms with Gasteiger partial charge in [-0.1, -0.05) is 6.92 Å². The summed E-state index contributed by atoms with van der Waals surface area (Å²) in [5, 5.41) is 9.03. The van der Waals surface area contributed by atoms with Crippen LogP contribution in [0.4, 0.5) is 11.6 Å². The summed E-state index contributed by atoms with van der Waals surface area (Å²) in [4.78, 5) is 20.6. The number of aryl methyl sites for hydroxylation is 1. The highest BCUT2D eigenvalue weighted by Crippen LogP contribution is 2.19. The summed E-state index contributed by atoms with van der Waals surface area (Å²) in [6, 6.07) is 0. The maximum absolute atomic E-state index is 11.8. The molecule has 20 heavy (non-hydrogen) atoms. The average molecular weight is 279 g/mol. The van der Waals surface area contributed by atoms with Crippen molar-refractivity contribution in [2.24, 2.45) is 0 Å². The van der Waals surface area contributed by atoms with Gasteiger partial charge in [0.05, 0.1) is 6.54 Å². The topological polar surface area (TPSA) is 78.9 Å². The predicted molar refractivity (Wildman–Crippen MR) is 82.1 cm³/mol. The Morgan fingerprint density at radius 3 is 2.30 bits per heavy atom. The maximum atomic E-state index is 11.8. The molecule has 1 aromatic heterocycles. The molecule has 0 saturated heterocycles. The number of aromatic nitrogens is 2. The van der Waals surface area contributed by atoms with Gasteiger partial charge in [-0.3, -0.25) is 4.79 Å². The minimum absolute atomic E-state index is 0.0560. The van der Waals surface area contributed by atoms with Gasteiger partial charge >= 0.3 is 0 Å². The lowest BCUT2D eigenvalue weighted by Crippen LogP contribution is -2.43. The smallest absolute Gasteiger partial charge is 0.239 e. The molecule has 6 nitrogen and oxygen atoms in total. The van der Waals surface area contributed by atoms with E-state index in [1.165, 1.54) is 0 Å². The van der Waals surface area contributed by atoms with E-state index in [2.05, 4.69) is 25.9 Å². The number of nitrogens with one attached hydrogen (secondary N) is 3. The van der Waals surface area contributed by atoms with Crippen molar-refractivity contribution in [3.63, 3.8) is 0 Å². The van der Waals surface area contributed by atoms with E-state index in [9.17, 15) is 4.79 Å². The van der Waals surface area contributed by atoms with Crippen LogP contribution < -0.4 is 16.0 Å². The van der Waals surface area contributed by atoms with Crippen LogP contribution in [-0.2, 0) is 11.2 Å². The van der Waals surface area contributed by atoms with Gasteiger partial charge in [0.2, 0.25) is 5.91 Å². The van der Waals surface area contributed by atoms with Gasteiger partial charge in [0.15, 0.2) is 0 Å². The second-order valence-corrected chi connectivity index (χ2v) is 5.72. The summed E-state index contributed by atoms with van der Waals surface area (Å²) in [7, 11) is 1.82. The van der Waals surface area contributed by atoms with Crippen LogP contribution in [-0.4, -0.2) is 35.0 Å². The number of amides is 1. The van der Waals surface area contributed by atoms with E-state index in [-0.39, 0.29) is 18.0 Å². The predicted octanol–water partition coefficient (Wildman–Crippen LogP) is 1.72. The number of nitrogens with zero attached hydrogens (tertiary/aromatic N) is 2. The highest BCUT2D eigenvalue weighted by Gasteiger charge is 2.15. The number of rotatable bonds is 5. The average Bonchev–Trinajstić information content (AvgIpc) is 2.35. The molecule has 0 bridgehead atoms. The zero-order valence-electron chi connectivity index (χ0n) is 13.2. The number of hydrogen-bond donors (Lipinski definition) is 3. The molecule has 1 amide bonds. The molecule has 0 fully saturated rings. The van der Waals surface area contributed by atoms with Crippen molar-refractivity contribution in [3.05, 3.63) is 11.4 Å². The van der Waals surface area contributed by atoms with Crippen molar-refractivity contribution in [3.8, 4) is 0 Å². The Kier molecular flexibility index (Phi) is 5.30. The van der Waals surface area contributed by atoms with Crippen LogP contribution in [0.2, 0.25) is 0 Å². The van der Waals surface area contributed by atoms with Gasteiger partial charge in [-0.15, -0.1) is 0 Å². The van der Waals surface area contributed by atoms with Crippen molar-refractivity contribution < 1.29 is 4.79 Å². The molecule has 6 heteroatoms. The van der Waals surface area contributed by atoms with E-state index in [4.69, 9.17) is 0 Å². The number of carbonyl (C=O) groups is 1. The first-order valence-electron chi connectivity index (χ1n) is 6.87. The largest absolute Gasteiger partial charge is 0.373 e. The fourth-order valence-corrected chi connectivity index (χ4v) is 1.76. The quantitative estimate of drug-likeness (QED) is 0.765. The monoisotopic (exact) mass is 279 g/mol. The molecule has 0 unspecified atom stereocenters. The van der Waals surface area contributed by atoms with Gasteiger partial charge in [0, 0.05) is 24.6 Å². The molecule has 0 radical (unpaired) electrons. The first-order chi connectivity index (χ1) is 9.26. The molecular formula is C14H25N5O. The van der Waals surface area contributed by atoms with Gasteiger partial charge in [0.1, 0.15) is 17.5 Å². The fourth-order valence-electron chi connectivity index (χ4n) is 1.76. The second kappa shape index (κ2) is 6.54. The van der Waals surface area contributed by atoms with E-state index in [0.29, 0.717) is 5.82 Å². The molecule has 1 rings (SSSR count). The van der Waals surface area contributed by atoms with E-state index in [0.717, 1.165) is 23.6 Å². The summed E-state index contributed by atoms with van der Waals surface area (Å²) in [6.45, 7) is 9.98. The van der Waals surface area contributed by atoms with Gasteiger partial charge in [-0.05, 0) is 27.7 Å². The van der Waals surface area contributed by atoms with Gasteiger partial charge < -0.3 is 16.0 Å². The zero-order chi connectivity index (χ0) is 15.3. The Balaban J connectivity index is 2.79. The molecule has 0 spiro atoms. The van der Waals surface area contributed by atoms with Crippen LogP contribution in [0.15, 0.2) is 0 Å². The number of anilines is 2. The Labute approximate surface area is 120 Å². The standard InChI is InChI=1S/C14H25N5O/c1-7-10-17-12(15-6)9(2)13(18-10)16-8-11(20)19-14(3,4)5/h7-8H2,1-6H3,(H,19,20)(H2,15,16,17,18). The van der Waals surface area contributed by atoms with Crippen molar-refractivity contribution in [2.45, 2.75) is 46.6 Å². The summed E-state index contributed by atoms with van der Waals surface area (Å²) >= 11 is 0. The molecule has 0 aliphatic heterocycles. The lowest BCUT2D eigenvalue weighted by molar-refractivity contribution is -0.120. The minimum Gasteiger partial charge on any atom is -0.373 e. The highest BCUT2D eigenvalue weighted by atomic mass is 16.2. The molecule has 0 aliphatic carbocycles. The minimum atomic E-state index is -0.232. The van der Waals surface area contributed by atoms with Crippen molar-refractivity contribution >= 4 is 17.5 Å². The first kappa shape index (κ1) is 16.2. The third-order valence-corrected chi connectivity index (χ3v) is 2.68. The third-order valence-electron chi connectivity index (χ3n) is 2.68. The maximum Gasteiger partial charge on any atom is 0.239 e. The molecule has 1 aromatic rings. The first-order valence-corrected chi connectivity index (χ1v) is 6.87. The van der Waals surface area contributed by atoms with Crippen LogP contribution in [0, 0.1) is 6.92 Å². The Hall–Kier alpha value is -1.85. The molecule has 0 atom stereocenters. The van der Waals surface area contributed by atoms with Crippen LogP contribution in [0.25, 0.3) is 0 Å². The Morgan fingerprint density at radius 1 is 1.20 bits per heavy atom. The molecule has 112 valence electrons. The van der Waals surface area contributed by atoms with E-state index in [1.54, 1.807) is 0 Å². The van der Waals surface area contributed by atoms with Crippen LogP contribution >= 0.6 is 0 Å². The fraction of sp³-hybridized carbons (Fsp3) is 0.643. The summed E-state index contributed by atoms with van der Waals surface area (Å²) in [6.07, 6.45) is 0.748. The van der Waals surface area contributed by atoms with Crippen LogP contribution in [0.1, 0.15) is 39.1 Å². The van der Waals surface area contributed by atoms with E-state index >= 15 is 0 Å². The lowest BCUT2D eigenvalue weighted by Gasteiger charge is -2.21. The molecule has 1 heterocycles. The Bertz CT molecular complexity index is 479. The normalized spacial score (nSPS) is 11.1. The van der Waals surface area contributed by atoms with Crippen molar-refractivity contribution in [2.75, 3.05) is 24.2 Å². The second-order valence-electron chi connectivity index (χ2n) is 5.72. The number of carbonyl (C=O) groups excluding carboxylic acids is 1. The Morgan fingerprint density at radius 2 is 1.80 bits per heavy atom. The summed E-state index contributed by atoms with van der Waals surface area (Å²) in [5.74, 6) is 2.18. The highest BCUT2D eigenvalue weighted by molar-refractivity contribution is 5.81. The zero-order valence-corrected chi connectivity index (χ0v) is 13.2. The van der Waals surface area contributed by atoms with E-state index < -0.39 is 0 Å². The molecule has 3 N–H and O–H groups in total. The number of hydrogen-bond acceptors (Lipinski definition) is 5.